The van der Waals surface area contributed by atoms with Crippen molar-refractivity contribution in [3.8, 4) is 0 Å². The first-order valence-electron chi connectivity index (χ1n) is 8.39. The molecule has 148 valence electrons. The molecule has 2 heterocycles. The molecule has 0 fully saturated rings. The number of aromatic nitrogens is 2. The van der Waals surface area contributed by atoms with E-state index < -0.39 is 11.4 Å². The van der Waals surface area contributed by atoms with Gasteiger partial charge in [-0.3, -0.25) is 14.6 Å². The molecule has 0 bridgehead atoms. The number of nitrogens with two attached hydrogens (primary N) is 1. The molecule has 3 N–H and O–H groups in total. The van der Waals surface area contributed by atoms with Crippen molar-refractivity contribution in [2.45, 2.75) is 25.8 Å². The number of ketones is 1. The topological polar surface area (TPSA) is 128 Å². The molecule has 1 aliphatic rings. The number of hydrogen-bond donors (Lipinski definition) is 2. The molecule has 0 aliphatic carbocycles. The Bertz CT molecular complexity index is 886. The van der Waals surface area contributed by atoms with Crippen LogP contribution in [0.1, 0.15) is 34.2 Å². The van der Waals surface area contributed by atoms with Gasteiger partial charge < -0.3 is 15.6 Å². The number of benzene rings is 1. The Hall–Kier alpha value is -3.20. The van der Waals surface area contributed by atoms with Gasteiger partial charge in [-0.15, -0.1) is 0 Å². The van der Waals surface area contributed by atoms with E-state index in [9.17, 15) is 9.18 Å². The highest BCUT2D eigenvalue weighted by Gasteiger charge is 2.33. The van der Waals surface area contributed by atoms with Gasteiger partial charge in [0.15, 0.2) is 5.82 Å². The van der Waals surface area contributed by atoms with E-state index in [-0.39, 0.29) is 37.7 Å². The lowest BCUT2D eigenvalue weighted by Crippen LogP contribution is -2.38. The minimum atomic E-state index is -0.911. The van der Waals surface area contributed by atoms with Crippen LogP contribution < -0.4 is 5.73 Å². The van der Waals surface area contributed by atoms with Gasteiger partial charge in [0.2, 0.25) is 5.78 Å². The average Bonchev–Trinajstić information content (AvgIpc) is 2.64. The number of carbonyl (C=O) groups is 2. The third kappa shape index (κ3) is 5.17. The Morgan fingerprint density at radius 1 is 1.39 bits per heavy atom. The van der Waals surface area contributed by atoms with Gasteiger partial charge in [0.25, 0.3) is 6.47 Å². The molecule has 1 aliphatic heterocycles. The Kier molecular flexibility index (Phi) is 6.89. The summed E-state index contributed by atoms with van der Waals surface area (Å²) in [5.74, 6) is -0.174. The van der Waals surface area contributed by atoms with E-state index in [1.54, 1.807) is 31.5 Å². The fourth-order valence-corrected chi connectivity index (χ4v) is 2.77. The number of amidine groups is 1. The lowest BCUT2D eigenvalue weighted by atomic mass is 9.90. The van der Waals surface area contributed by atoms with Crippen molar-refractivity contribution in [2.75, 3.05) is 13.2 Å². The van der Waals surface area contributed by atoms with Crippen LogP contribution in [-0.2, 0) is 21.5 Å². The summed E-state index contributed by atoms with van der Waals surface area (Å²) >= 11 is 0. The molecule has 1 atom stereocenters. The summed E-state index contributed by atoms with van der Waals surface area (Å²) in [6.07, 6.45) is 3.26. The van der Waals surface area contributed by atoms with Crippen LogP contribution in [-0.4, -0.2) is 46.4 Å². The second-order valence-electron chi connectivity index (χ2n) is 6.47. The molecule has 28 heavy (non-hydrogen) atoms. The summed E-state index contributed by atoms with van der Waals surface area (Å²) in [5.41, 5.74) is 6.71. The fourth-order valence-electron chi connectivity index (χ4n) is 2.77. The third-order valence-electron chi connectivity index (χ3n) is 4.03. The normalized spacial score (nSPS) is 18.5. The number of carboxylic acid groups (broad SMARTS) is 1. The second kappa shape index (κ2) is 9.14. The zero-order valence-corrected chi connectivity index (χ0v) is 15.6. The molecule has 0 amide bonds. The largest absolute Gasteiger partial charge is 0.483 e. The summed E-state index contributed by atoms with van der Waals surface area (Å²) in [4.78, 5) is 33.1. The van der Waals surface area contributed by atoms with Crippen LogP contribution in [0.2, 0.25) is 0 Å². The average molecular weight is 388 g/mol. The maximum Gasteiger partial charge on any atom is 0.290 e. The first-order chi connectivity index (χ1) is 13.3. The van der Waals surface area contributed by atoms with Crippen molar-refractivity contribution in [1.29, 1.82) is 0 Å². The molecule has 9 heteroatoms. The van der Waals surface area contributed by atoms with E-state index in [1.165, 1.54) is 6.07 Å². The predicted octanol–water partition coefficient (Wildman–Crippen LogP) is 1.65. The van der Waals surface area contributed by atoms with Crippen LogP contribution in [0.3, 0.4) is 0 Å². The number of ether oxygens (including phenoxy) is 1. The summed E-state index contributed by atoms with van der Waals surface area (Å²) in [7, 11) is 0. The van der Waals surface area contributed by atoms with Gasteiger partial charge in [-0.25, -0.2) is 14.4 Å². The summed E-state index contributed by atoms with van der Waals surface area (Å²) in [6.45, 7) is 3.81. The maximum atomic E-state index is 14.4. The van der Waals surface area contributed by atoms with Crippen molar-refractivity contribution in [1.82, 2.24) is 9.97 Å². The summed E-state index contributed by atoms with van der Waals surface area (Å²) in [5, 5.41) is 6.89. The number of halogens is 1. The molecule has 3 rings (SSSR count). The summed E-state index contributed by atoms with van der Waals surface area (Å²) in [6, 6.07) is 4.54. The van der Waals surface area contributed by atoms with Crippen LogP contribution >= 0.6 is 0 Å². The highest BCUT2D eigenvalue weighted by molar-refractivity contribution is 5.94. The van der Waals surface area contributed by atoms with Crippen molar-refractivity contribution in [3.63, 3.8) is 0 Å². The number of rotatable bonds is 4. The number of Topliss-reactive ketones (excluding diaryl/α,β-unsaturated/α-hetero) is 1. The Labute approximate surface area is 161 Å². The van der Waals surface area contributed by atoms with Gasteiger partial charge in [-0.1, -0.05) is 6.07 Å². The number of aryl methyl sites for hydroxylation is 1. The minimum Gasteiger partial charge on any atom is -0.483 e. The smallest absolute Gasteiger partial charge is 0.290 e. The van der Waals surface area contributed by atoms with Crippen LogP contribution in [0.4, 0.5) is 4.39 Å². The number of aliphatic imine (C=N–C) groups is 1. The van der Waals surface area contributed by atoms with Crippen LogP contribution in [0.5, 0.6) is 0 Å². The SMILES string of the molecule is Cc1cnc(C(=O)Cc2ccc(F)c([C@]3(C)COCC(N)=N3)c2)nc1.O=CO. The quantitative estimate of drug-likeness (QED) is 0.602. The Morgan fingerprint density at radius 2 is 2.04 bits per heavy atom. The van der Waals surface area contributed by atoms with E-state index in [0.717, 1.165) is 5.56 Å². The standard InChI is InChI=1S/C18H19FN4O2.CH2O2/c1-11-7-21-17(22-8-11)15(24)6-12-3-4-14(19)13(5-12)18(2)10-25-9-16(20)23-18;2-1-3/h3-5,7-8H,6,9-10H2,1-2H3,(H2,20,23);1H,(H,2,3)/t18-;/m0./s1. The van der Waals surface area contributed by atoms with Crippen LogP contribution in [0.25, 0.3) is 0 Å². The van der Waals surface area contributed by atoms with Crippen LogP contribution in [0, 0.1) is 12.7 Å². The van der Waals surface area contributed by atoms with Gasteiger partial charge in [-0.2, -0.15) is 0 Å². The number of nitrogens with zero attached hydrogens (tertiary/aromatic N) is 3. The zero-order chi connectivity index (χ0) is 20.7. The molecule has 1 aromatic heterocycles. The van der Waals surface area contributed by atoms with Gasteiger partial charge in [0, 0.05) is 24.4 Å². The van der Waals surface area contributed by atoms with Gasteiger partial charge >= 0.3 is 0 Å². The highest BCUT2D eigenvalue weighted by Crippen LogP contribution is 2.31. The first-order valence-corrected chi connectivity index (χ1v) is 8.39. The highest BCUT2D eigenvalue weighted by atomic mass is 19.1. The van der Waals surface area contributed by atoms with E-state index in [4.69, 9.17) is 20.4 Å². The molecular weight excluding hydrogens is 367 g/mol. The van der Waals surface area contributed by atoms with Crippen LogP contribution in [0.15, 0.2) is 35.6 Å². The number of carbonyl (C=O) groups excluding carboxylic acids is 1. The van der Waals surface area contributed by atoms with Gasteiger partial charge in [0.05, 0.1) is 6.61 Å². The molecule has 0 radical (unpaired) electrons. The lowest BCUT2D eigenvalue weighted by Gasteiger charge is -2.30. The van der Waals surface area contributed by atoms with E-state index in [0.29, 0.717) is 17.0 Å². The molecule has 2 aromatic rings. The van der Waals surface area contributed by atoms with Crippen molar-refractivity contribution >= 4 is 18.1 Å². The minimum absolute atomic E-state index is 0.0759. The molecule has 0 saturated heterocycles. The van der Waals surface area contributed by atoms with Gasteiger partial charge in [0.1, 0.15) is 23.8 Å². The molecule has 8 nitrogen and oxygen atoms in total. The van der Waals surface area contributed by atoms with Crippen molar-refractivity contribution in [3.05, 3.63) is 58.9 Å². The molecule has 0 saturated carbocycles. The third-order valence-corrected chi connectivity index (χ3v) is 4.03. The molecule has 0 unspecified atom stereocenters. The predicted molar refractivity (Wildman–Crippen MR) is 99.7 cm³/mol. The monoisotopic (exact) mass is 388 g/mol. The number of hydrogen-bond acceptors (Lipinski definition) is 7. The second-order valence-corrected chi connectivity index (χ2v) is 6.47. The lowest BCUT2D eigenvalue weighted by molar-refractivity contribution is -0.122. The first kappa shape index (κ1) is 21.1. The maximum absolute atomic E-state index is 14.4. The molecular formula is C19H21FN4O4. The Morgan fingerprint density at radius 3 is 2.64 bits per heavy atom. The van der Waals surface area contributed by atoms with E-state index >= 15 is 0 Å². The van der Waals surface area contributed by atoms with E-state index in [2.05, 4.69) is 15.0 Å². The summed E-state index contributed by atoms with van der Waals surface area (Å²) < 4.78 is 19.8. The Balaban J connectivity index is 0.000000878. The van der Waals surface area contributed by atoms with Crippen molar-refractivity contribution in [2.24, 2.45) is 10.7 Å². The van der Waals surface area contributed by atoms with E-state index in [1.807, 2.05) is 6.92 Å². The fraction of sp³-hybridized carbons (Fsp3) is 0.316. The van der Waals surface area contributed by atoms with Crippen molar-refractivity contribution < 1.29 is 23.8 Å². The molecule has 1 aromatic carbocycles. The molecule has 0 spiro atoms. The zero-order valence-electron chi connectivity index (χ0n) is 15.6. The van der Waals surface area contributed by atoms with Gasteiger partial charge in [-0.05, 0) is 37.1 Å².